The van der Waals surface area contributed by atoms with E-state index < -0.39 is 0 Å². The van der Waals surface area contributed by atoms with Crippen molar-refractivity contribution in [3.05, 3.63) is 23.8 Å². The SMILES string of the molecule is CCCOc1ccc(C(=O)N(C)CC(=O)N2CCC(C(=O)OCC)CC2)cc1OCCC. The van der Waals surface area contributed by atoms with Gasteiger partial charge in [-0.05, 0) is 50.8 Å². The van der Waals surface area contributed by atoms with Crippen molar-refractivity contribution in [2.75, 3.05) is 46.5 Å². The Morgan fingerprint density at radius 3 is 2.22 bits per heavy atom. The summed E-state index contributed by atoms with van der Waals surface area (Å²) in [7, 11) is 1.61. The number of carbonyl (C=O) groups is 3. The molecule has 1 heterocycles. The van der Waals surface area contributed by atoms with Crippen LogP contribution < -0.4 is 9.47 Å². The third kappa shape index (κ3) is 7.14. The monoisotopic (exact) mass is 448 g/mol. The van der Waals surface area contributed by atoms with Gasteiger partial charge in [0.25, 0.3) is 5.91 Å². The van der Waals surface area contributed by atoms with Crippen LogP contribution in [-0.2, 0) is 14.3 Å². The van der Waals surface area contributed by atoms with Crippen LogP contribution in [0.2, 0.25) is 0 Å². The molecule has 1 saturated heterocycles. The second-order valence-corrected chi connectivity index (χ2v) is 7.93. The molecule has 1 aromatic carbocycles. The number of piperidine rings is 1. The molecule has 1 aliphatic heterocycles. The molecular weight excluding hydrogens is 412 g/mol. The molecule has 2 rings (SSSR count). The predicted octanol–water partition coefficient (Wildman–Crippen LogP) is 3.14. The maximum atomic E-state index is 12.9. The van der Waals surface area contributed by atoms with Gasteiger partial charge in [-0.15, -0.1) is 0 Å². The maximum absolute atomic E-state index is 12.9. The molecule has 8 heteroatoms. The van der Waals surface area contributed by atoms with E-state index in [-0.39, 0.29) is 30.2 Å². The summed E-state index contributed by atoms with van der Waals surface area (Å²) in [6.07, 6.45) is 2.88. The van der Waals surface area contributed by atoms with Crippen LogP contribution in [0.3, 0.4) is 0 Å². The van der Waals surface area contributed by atoms with Gasteiger partial charge in [0, 0.05) is 25.7 Å². The van der Waals surface area contributed by atoms with Crippen molar-refractivity contribution in [1.29, 1.82) is 0 Å². The van der Waals surface area contributed by atoms with Gasteiger partial charge in [-0.1, -0.05) is 13.8 Å². The van der Waals surface area contributed by atoms with Gasteiger partial charge in [0.1, 0.15) is 0 Å². The third-order valence-electron chi connectivity index (χ3n) is 5.30. The minimum Gasteiger partial charge on any atom is -0.490 e. The first-order valence-corrected chi connectivity index (χ1v) is 11.5. The molecule has 1 fully saturated rings. The average molecular weight is 449 g/mol. The van der Waals surface area contributed by atoms with E-state index >= 15 is 0 Å². The van der Waals surface area contributed by atoms with Crippen LogP contribution in [-0.4, -0.2) is 74.1 Å². The molecule has 0 atom stereocenters. The minimum absolute atomic E-state index is 0.0257. The Balaban J connectivity index is 1.96. The summed E-state index contributed by atoms with van der Waals surface area (Å²) in [5.41, 5.74) is 0.441. The minimum atomic E-state index is -0.261. The van der Waals surface area contributed by atoms with E-state index in [2.05, 4.69) is 0 Å². The number of nitrogens with zero attached hydrogens (tertiary/aromatic N) is 2. The molecule has 0 aliphatic carbocycles. The van der Waals surface area contributed by atoms with E-state index in [1.807, 2.05) is 13.8 Å². The average Bonchev–Trinajstić information content (AvgIpc) is 2.81. The third-order valence-corrected chi connectivity index (χ3v) is 5.30. The first kappa shape index (κ1) is 25.5. The molecule has 0 N–H and O–H groups in total. The Hall–Kier alpha value is -2.77. The Bertz CT molecular complexity index is 774. The zero-order chi connectivity index (χ0) is 23.5. The molecular formula is C24H36N2O6. The van der Waals surface area contributed by atoms with Gasteiger partial charge < -0.3 is 24.0 Å². The van der Waals surface area contributed by atoms with Crippen molar-refractivity contribution < 1.29 is 28.6 Å². The fraction of sp³-hybridized carbons (Fsp3) is 0.625. The number of carbonyl (C=O) groups excluding carboxylic acids is 3. The largest absolute Gasteiger partial charge is 0.490 e. The fourth-order valence-electron chi connectivity index (χ4n) is 3.52. The molecule has 0 radical (unpaired) electrons. The lowest BCUT2D eigenvalue weighted by atomic mass is 9.97. The molecule has 0 aromatic heterocycles. The highest BCUT2D eigenvalue weighted by molar-refractivity contribution is 5.97. The number of ether oxygens (including phenoxy) is 3. The number of rotatable bonds is 11. The van der Waals surface area contributed by atoms with Gasteiger partial charge in [-0.25, -0.2) is 0 Å². The molecule has 0 bridgehead atoms. The lowest BCUT2D eigenvalue weighted by Gasteiger charge is -2.32. The second kappa shape index (κ2) is 12.9. The highest BCUT2D eigenvalue weighted by atomic mass is 16.5. The standard InChI is InChI=1S/C24H36N2O6/c1-5-14-31-20-9-8-19(16-21(20)32-15-6-2)23(28)25(4)17-22(27)26-12-10-18(11-13-26)24(29)30-7-3/h8-9,16,18H,5-7,10-15,17H2,1-4H3. The van der Waals surface area contributed by atoms with E-state index in [1.165, 1.54) is 4.90 Å². The Morgan fingerprint density at radius 2 is 1.62 bits per heavy atom. The van der Waals surface area contributed by atoms with Gasteiger partial charge in [0.2, 0.25) is 5.91 Å². The van der Waals surface area contributed by atoms with Crippen molar-refractivity contribution in [3.63, 3.8) is 0 Å². The van der Waals surface area contributed by atoms with E-state index in [9.17, 15) is 14.4 Å². The molecule has 178 valence electrons. The number of likely N-dealkylation sites (tertiary alicyclic amines) is 1. The van der Waals surface area contributed by atoms with Crippen LogP contribution in [0.4, 0.5) is 0 Å². The number of hydrogen-bond donors (Lipinski definition) is 0. The summed E-state index contributed by atoms with van der Waals surface area (Å²) in [6, 6.07) is 5.11. The number of hydrogen-bond acceptors (Lipinski definition) is 6. The normalized spacial score (nSPS) is 14.1. The first-order chi connectivity index (χ1) is 15.4. The van der Waals surface area contributed by atoms with Crippen molar-refractivity contribution in [1.82, 2.24) is 9.80 Å². The zero-order valence-corrected chi connectivity index (χ0v) is 19.7. The van der Waals surface area contributed by atoms with Crippen LogP contribution in [0.5, 0.6) is 11.5 Å². The second-order valence-electron chi connectivity index (χ2n) is 7.93. The summed E-state index contributed by atoms with van der Waals surface area (Å²) < 4.78 is 16.6. The van der Waals surface area contributed by atoms with Crippen LogP contribution in [0.15, 0.2) is 18.2 Å². The highest BCUT2D eigenvalue weighted by Gasteiger charge is 2.29. The Morgan fingerprint density at radius 1 is 1.00 bits per heavy atom. The highest BCUT2D eigenvalue weighted by Crippen LogP contribution is 2.29. The van der Waals surface area contributed by atoms with E-state index in [1.54, 1.807) is 37.1 Å². The summed E-state index contributed by atoms with van der Waals surface area (Å²) in [5.74, 6) is 0.399. The summed E-state index contributed by atoms with van der Waals surface area (Å²) in [4.78, 5) is 40.6. The lowest BCUT2D eigenvalue weighted by molar-refractivity contribution is -0.151. The molecule has 0 spiro atoms. The van der Waals surface area contributed by atoms with Gasteiger partial charge in [0.05, 0.1) is 32.3 Å². The number of benzene rings is 1. The smallest absolute Gasteiger partial charge is 0.309 e. The Labute approximate surface area is 190 Å². The number of esters is 1. The summed E-state index contributed by atoms with van der Waals surface area (Å²) in [5, 5.41) is 0. The number of amides is 2. The van der Waals surface area contributed by atoms with Crippen molar-refractivity contribution in [2.24, 2.45) is 5.92 Å². The molecule has 0 saturated carbocycles. The van der Waals surface area contributed by atoms with E-state index in [4.69, 9.17) is 14.2 Å². The van der Waals surface area contributed by atoms with Gasteiger partial charge in [-0.3, -0.25) is 14.4 Å². The summed E-state index contributed by atoms with van der Waals surface area (Å²) in [6.45, 7) is 8.23. The molecule has 0 unspecified atom stereocenters. The summed E-state index contributed by atoms with van der Waals surface area (Å²) >= 11 is 0. The number of likely N-dealkylation sites (N-methyl/N-ethyl adjacent to an activating group) is 1. The quantitative estimate of drug-likeness (QED) is 0.484. The fourth-order valence-corrected chi connectivity index (χ4v) is 3.52. The van der Waals surface area contributed by atoms with Crippen LogP contribution in [0, 0.1) is 5.92 Å². The predicted molar refractivity (Wildman–Crippen MR) is 121 cm³/mol. The molecule has 1 aliphatic rings. The van der Waals surface area contributed by atoms with E-state index in [0.29, 0.717) is 62.8 Å². The van der Waals surface area contributed by atoms with Gasteiger partial charge in [-0.2, -0.15) is 0 Å². The van der Waals surface area contributed by atoms with Gasteiger partial charge >= 0.3 is 5.97 Å². The van der Waals surface area contributed by atoms with Crippen molar-refractivity contribution in [3.8, 4) is 11.5 Å². The molecule has 8 nitrogen and oxygen atoms in total. The molecule has 2 amide bonds. The molecule has 1 aromatic rings. The molecule has 32 heavy (non-hydrogen) atoms. The van der Waals surface area contributed by atoms with Crippen LogP contribution in [0.1, 0.15) is 56.8 Å². The van der Waals surface area contributed by atoms with Gasteiger partial charge in [0.15, 0.2) is 11.5 Å². The van der Waals surface area contributed by atoms with E-state index in [0.717, 1.165) is 12.8 Å². The lowest BCUT2D eigenvalue weighted by Crippen LogP contribution is -2.45. The topological polar surface area (TPSA) is 85.4 Å². The van der Waals surface area contributed by atoms with Crippen LogP contribution >= 0.6 is 0 Å². The van der Waals surface area contributed by atoms with Crippen molar-refractivity contribution >= 4 is 17.8 Å². The zero-order valence-electron chi connectivity index (χ0n) is 19.7. The Kier molecular flexibility index (Phi) is 10.3. The maximum Gasteiger partial charge on any atom is 0.309 e. The first-order valence-electron chi connectivity index (χ1n) is 11.5. The van der Waals surface area contributed by atoms with Crippen LogP contribution in [0.25, 0.3) is 0 Å². The van der Waals surface area contributed by atoms with Crippen molar-refractivity contribution in [2.45, 2.75) is 46.5 Å².